The molecule has 7 heteroatoms. The molecule has 13 heavy (non-hydrogen) atoms. The molecule has 1 heterocycles. The van der Waals surface area contributed by atoms with Gasteiger partial charge in [-0.05, 0) is 0 Å². The first kappa shape index (κ1) is 9.04. The van der Waals surface area contributed by atoms with E-state index in [2.05, 4.69) is 0 Å². The van der Waals surface area contributed by atoms with Crippen molar-refractivity contribution in [3.8, 4) is 0 Å². The van der Waals surface area contributed by atoms with Gasteiger partial charge in [0.05, 0.1) is 0 Å². The Balaban J connectivity index is 3.70. The zero-order valence-electron chi connectivity index (χ0n) is 6.70. The summed E-state index contributed by atoms with van der Waals surface area (Å²) >= 11 is 0. The zero-order chi connectivity index (χ0) is 10.2. The highest BCUT2D eigenvalue weighted by molar-refractivity contribution is 5.90. The smallest absolute Gasteiger partial charge is 0.354 e. The number of H-pyrrole nitrogens is 1. The average molecular weight is 185 g/mol. The lowest BCUT2D eigenvalue weighted by Crippen LogP contribution is -2.36. The van der Waals surface area contributed by atoms with Crippen LogP contribution in [0.15, 0.2) is 9.59 Å². The Morgan fingerprint density at radius 3 is 2.54 bits per heavy atom. The number of rotatable bonds is 1. The second-order valence-corrected chi connectivity index (χ2v) is 2.39. The molecule has 0 saturated heterocycles. The van der Waals surface area contributed by atoms with Crippen molar-refractivity contribution in [2.45, 2.75) is 0 Å². The Morgan fingerprint density at radius 1 is 1.54 bits per heavy atom. The van der Waals surface area contributed by atoms with Crippen molar-refractivity contribution in [3.05, 3.63) is 26.5 Å². The Hall–Kier alpha value is -2.05. The number of aromatic carboxylic acids is 1. The normalized spacial score (nSPS) is 9.92. The van der Waals surface area contributed by atoms with Crippen LogP contribution in [0, 0.1) is 0 Å². The molecule has 0 unspecified atom stereocenters. The molecule has 0 aliphatic heterocycles. The minimum atomic E-state index is -1.44. The molecule has 7 nitrogen and oxygen atoms in total. The van der Waals surface area contributed by atoms with Crippen molar-refractivity contribution in [1.29, 1.82) is 0 Å². The first-order valence-electron chi connectivity index (χ1n) is 3.27. The molecule has 0 aromatic carbocycles. The lowest BCUT2D eigenvalue weighted by Gasteiger charge is -2.01. The molecule has 1 rings (SSSR count). The molecule has 0 aliphatic rings. The molecule has 4 N–H and O–H groups in total. The van der Waals surface area contributed by atoms with Crippen molar-refractivity contribution in [2.24, 2.45) is 7.05 Å². The maximum absolute atomic E-state index is 11.1. The Kier molecular flexibility index (Phi) is 1.93. The van der Waals surface area contributed by atoms with E-state index in [1.807, 2.05) is 4.98 Å². The number of nitrogen functional groups attached to an aromatic ring is 1. The second kappa shape index (κ2) is 2.77. The SMILES string of the molecule is Cn1c(=O)[nH]c(C(=O)O)c(N)c1=O. The fourth-order valence-corrected chi connectivity index (χ4v) is 0.807. The molecule has 0 spiro atoms. The summed E-state index contributed by atoms with van der Waals surface area (Å²) in [5.74, 6) is -1.44. The number of aromatic nitrogens is 2. The van der Waals surface area contributed by atoms with Crippen molar-refractivity contribution >= 4 is 11.7 Å². The summed E-state index contributed by atoms with van der Waals surface area (Å²) in [6, 6.07) is 0. The lowest BCUT2D eigenvalue weighted by molar-refractivity contribution is 0.0691. The lowest BCUT2D eigenvalue weighted by atomic mass is 10.3. The number of nitrogens with zero attached hydrogens (tertiary/aromatic N) is 1. The highest BCUT2D eigenvalue weighted by atomic mass is 16.4. The fourth-order valence-electron chi connectivity index (χ4n) is 0.807. The van der Waals surface area contributed by atoms with E-state index < -0.39 is 28.6 Å². The highest BCUT2D eigenvalue weighted by Crippen LogP contribution is 1.97. The molecule has 0 radical (unpaired) electrons. The minimum Gasteiger partial charge on any atom is -0.477 e. The Morgan fingerprint density at radius 2 is 2.08 bits per heavy atom. The van der Waals surface area contributed by atoms with Crippen LogP contribution in [0.1, 0.15) is 10.5 Å². The van der Waals surface area contributed by atoms with Crippen molar-refractivity contribution in [2.75, 3.05) is 5.73 Å². The van der Waals surface area contributed by atoms with Crippen LogP contribution in [0.3, 0.4) is 0 Å². The number of hydrogen-bond acceptors (Lipinski definition) is 4. The van der Waals surface area contributed by atoms with Crippen molar-refractivity contribution in [3.63, 3.8) is 0 Å². The van der Waals surface area contributed by atoms with Gasteiger partial charge in [0.1, 0.15) is 5.69 Å². The summed E-state index contributed by atoms with van der Waals surface area (Å²) in [4.78, 5) is 34.4. The standard InChI is InChI=1S/C6H7N3O4/c1-9-4(10)2(7)3(5(11)12)8-6(9)13/h7H2,1H3,(H,8,13)(H,11,12). The summed E-state index contributed by atoms with van der Waals surface area (Å²) in [6.07, 6.45) is 0. The van der Waals surface area contributed by atoms with Crippen LogP contribution in [0.25, 0.3) is 0 Å². The highest BCUT2D eigenvalue weighted by Gasteiger charge is 2.13. The average Bonchev–Trinajstić information content (AvgIpc) is 2.07. The number of hydrogen-bond donors (Lipinski definition) is 3. The molecule has 70 valence electrons. The maximum Gasteiger partial charge on any atom is 0.354 e. The first-order chi connectivity index (χ1) is 5.95. The van der Waals surface area contributed by atoms with Crippen LogP contribution in [-0.4, -0.2) is 20.6 Å². The minimum absolute atomic E-state index is 0.477. The predicted octanol–water partition coefficient (Wildman–Crippen LogP) is -1.65. The largest absolute Gasteiger partial charge is 0.477 e. The predicted molar refractivity (Wildman–Crippen MR) is 43.7 cm³/mol. The van der Waals surface area contributed by atoms with Crippen LogP contribution < -0.4 is 17.0 Å². The molecular weight excluding hydrogens is 178 g/mol. The summed E-state index contributed by atoms with van der Waals surface area (Å²) in [5, 5.41) is 8.51. The van der Waals surface area contributed by atoms with Gasteiger partial charge in [-0.25, -0.2) is 9.59 Å². The van der Waals surface area contributed by atoms with Gasteiger partial charge in [0.25, 0.3) is 5.56 Å². The molecule has 0 atom stereocenters. The van der Waals surface area contributed by atoms with Crippen LogP contribution in [0.2, 0.25) is 0 Å². The summed E-state index contributed by atoms with van der Waals surface area (Å²) in [5.41, 5.74) is 2.49. The topological polar surface area (TPSA) is 118 Å². The molecule has 1 aromatic rings. The van der Waals surface area contributed by atoms with E-state index in [1.54, 1.807) is 0 Å². The van der Waals surface area contributed by atoms with E-state index in [-0.39, 0.29) is 0 Å². The molecule has 0 fully saturated rings. The van der Waals surface area contributed by atoms with Crippen LogP contribution in [-0.2, 0) is 7.05 Å². The van der Waals surface area contributed by atoms with E-state index in [1.165, 1.54) is 7.05 Å². The maximum atomic E-state index is 11.1. The molecular formula is C6H7N3O4. The van der Waals surface area contributed by atoms with Gasteiger partial charge < -0.3 is 10.8 Å². The number of nitrogens with one attached hydrogen (secondary N) is 1. The van der Waals surface area contributed by atoms with E-state index in [9.17, 15) is 14.4 Å². The quantitative estimate of drug-likeness (QED) is 0.484. The van der Waals surface area contributed by atoms with E-state index in [0.717, 1.165) is 0 Å². The van der Waals surface area contributed by atoms with Crippen LogP contribution in [0.5, 0.6) is 0 Å². The molecule has 0 amide bonds. The number of carboxylic acid groups (broad SMARTS) is 1. The molecule has 1 aromatic heterocycles. The molecule has 0 saturated carbocycles. The third kappa shape index (κ3) is 1.31. The number of aromatic amines is 1. The third-order valence-corrected chi connectivity index (χ3v) is 1.55. The Bertz CT molecular complexity index is 470. The van der Waals surface area contributed by atoms with Crippen LogP contribution >= 0.6 is 0 Å². The number of nitrogens with two attached hydrogens (primary N) is 1. The third-order valence-electron chi connectivity index (χ3n) is 1.55. The molecule has 0 bridgehead atoms. The van der Waals surface area contributed by atoms with Gasteiger partial charge in [-0.2, -0.15) is 0 Å². The van der Waals surface area contributed by atoms with Gasteiger partial charge in [-0.1, -0.05) is 0 Å². The van der Waals surface area contributed by atoms with E-state index in [0.29, 0.717) is 4.57 Å². The van der Waals surface area contributed by atoms with Gasteiger partial charge in [-0.15, -0.1) is 0 Å². The van der Waals surface area contributed by atoms with Gasteiger partial charge in [0.2, 0.25) is 0 Å². The van der Waals surface area contributed by atoms with Crippen LogP contribution in [0.4, 0.5) is 5.69 Å². The monoisotopic (exact) mass is 185 g/mol. The number of anilines is 1. The molecule has 0 aliphatic carbocycles. The second-order valence-electron chi connectivity index (χ2n) is 2.39. The van der Waals surface area contributed by atoms with Crippen molar-refractivity contribution in [1.82, 2.24) is 9.55 Å². The number of carbonyl (C=O) groups is 1. The van der Waals surface area contributed by atoms with Gasteiger partial charge in [-0.3, -0.25) is 14.3 Å². The van der Waals surface area contributed by atoms with E-state index >= 15 is 0 Å². The number of carboxylic acids is 1. The van der Waals surface area contributed by atoms with Crippen molar-refractivity contribution < 1.29 is 9.90 Å². The van der Waals surface area contributed by atoms with E-state index in [4.69, 9.17) is 10.8 Å². The first-order valence-corrected chi connectivity index (χ1v) is 3.27. The Labute approximate surface area is 71.4 Å². The summed E-state index contributed by atoms with van der Waals surface area (Å²) in [7, 11) is 1.20. The summed E-state index contributed by atoms with van der Waals surface area (Å²) < 4.78 is 0.696. The van der Waals surface area contributed by atoms with Gasteiger partial charge >= 0.3 is 11.7 Å². The zero-order valence-corrected chi connectivity index (χ0v) is 6.70. The fraction of sp³-hybridized carbons (Fsp3) is 0.167. The van der Waals surface area contributed by atoms with Gasteiger partial charge in [0.15, 0.2) is 5.69 Å². The van der Waals surface area contributed by atoms with Gasteiger partial charge in [0, 0.05) is 7.05 Å². The summed E-state index contributed by atoms with van der Waals surface area (Å²) in [6.45, 7) is 0.